The van der Waals surface area contributed by atoms with Gasteiger partial charge in [0.25, 0.3) is 0 Å². The molecule has 2 amide bonds. The summed E-state index contributed by atoms with van der Waals surface area (Å²) in [5, 5.41) is 6.57. The lowest BCUT2D eigenvalue weighted by atomic mass is 10.2. The molecular weight excluding hydrogens is 376 g/mol. The van der Waals surface area contributed by atoms with E-state index in [0.29, 0.717) is 6.54 Å². The second kappa shape index (κ2) is 9.66. The Bertz CT molecular complexity index is 807. The number of rotatable bonds is 6. The largest absolute Gasteiger partial charge is 0.495 e. The number of anilines is 2. The van der Waals surface area contributed by atoms with Crippen molar-refractivity contribution in [2.24, 2.45) is 0 Å². The molecule has 0 atom stereocenters. The molecule has 1 aliphatic heterocycles. The summed E-state index contributed by atoms with van der Waals surface area (Å²) in [6.07, 6.45) is 0. The first-order valence-corrected chi connectivity index (χ1v) is 9.97. The van der Waals surface area contributed by atoms with E-state index in [1.165, 1.54) is 4.90 Å². The summed E-state index contributed by atoms with van der Waals surface area (Å²) >= 11 is 6.15. The van der Waals surface area contributed by atoms with Crippen LogP contribution in [0.4, 0.5) is 16.2 Å². The third-order valence-electron chi connectivity index (χ3n) is 5.11. The van der Waals surface area contributed by atoms with Crippen molar-refractivity contribution < 1.29 is 14.4 Å². The van der Waals surface area contributed by atoms with E-state index in [0.717, 1.165) is 60.4 Å². The lowest BCUT2D eigenvalue weighted by molar-refractivity contribution is -0.899. The number of carbonyl (C=O) groups excluding carboxylic acids is 1. The number of hydrogen-bond acceptors (Lipinski definition) is 3. The Balaban J connectivity index is 1.42. The van der Waals surface area contributed by atoms with Crippen LogP contribution >= 0.6 is 11.6 Å². The molecule has 0 unspecified atom stereocenters. The highest BCUT2D eigenvalue weighted by molar-refractivity contribution is 6.30. The number of quaternary nitrogens is 1. The van der Waals surface area contributed by atoms with Crippen molar-refractivity contribution in [2.75, 3.05) is 56.6 Å². The van der Waals surface area contributed by atoms with Gasteiger partial charge in [-0.3, -0.25) is 0 Å². The molecule has 3 rings (SSSR count). The minimum Gasteiger partial charge on any atom is -0.495 e. The highest BCUT2D eigenvalue weighted by Crippen LogP contribution is 2.31. The van der Waals surface area contributed by atoms with Crippen LogP contribution in [0.2, 0.25) is 5.02 Å². The molecule has 1 heterocycles. The number of nitrogens with zero attached hydrogens (tertiary/aromatic N) is 1. The van der Waals surface area contributed by atoms with Gasteiger partial charge in [0.2, 0.25) is 0 Å². The number of aryl methyl sites for hydroxylation is 1. The summed E-state index contributed by atoms with van der Waals surface area (Å²) in [4.78, 5) is 15.9. The number of urea groups is 1. The molecule has 1 saturated heterocycles. The lowest BCUT2D eigenvalue weighted by Crippen LogP contribution is -3.15. The van der Waals surface area contributed by atoms with Crippen LogP contribution in [0.5, 0.6) is 5.75 Å². The fraction of sp³-hybridized carbons (Fsp3) is 0.381. The fourth-order valence-corrected chi connectivity index (χ4v) is 3.62. The molecule has 2 aromatic rings. The van der Waals surface area contributed by atoms with Gasteiger partial charge >= 0.3 is 6.03 Å². The van der Waals surface area contributed by atoms with E-state index >= 15 is 0 Å². The Hall–Kier alpha value is -2.44. The molecule has 0 spiro atoms. The number of para-hydroxylation sites is 1. The zero-order chi connectivity index (χ0) is 19.9. The van der Waals surface area contributed by atoms with Gasteiger partial charge in [0.15, 0.2) is 0 Å². The van der Waals surface area contributed by atoms with Crippen LogP contribution < -0.4 is 25.2 Å². The maximum atomic E-state index is 12.1. The van der Waals surface area contributed by atoms with E-state index in [1.807, 2.05) is 49.4 Å². The normalized spacial score (nSPS) is 14.6. The smallest absolute Gasteiger partial charge is 0.319 e. The standard InChI is InChI=1S/C21H27ClN4O2/c1-16-5-3-4-6-18(16)24-21(27)23-9-10-25-11-13-26(14-12-25)19-15-17(22)7-8-20(19)28-2/h3-8,15H,9-14H2,1-2H3,(H2,23,24,27)/p+1. The molecule has 1 aliphatic rings. The van der Waals surface area contributed by atoms with Crippen molar-refractivity contribution in [3.05, 3.63) is 53.1 Å². The zero-order valence-corrected chi connectivity index (χ0v) is 17.2. The monoisotopic (exact) mass is 403 g/mol. The average molecular weight is 404 g/mol. The number of ether oxygens (including phenoxy) is 1. The topological polar surface area (TPSA) is 58.0 Å². The third kappa shape index (κ3) is 5.30. The number of halogens is 1. The molecule has 2 aromatic carbocycles. The van der Waals surface area contributed by atoms with E-state index in [-0.39, 0.29) is 6.03 Å². The van der Waals surface area contributed by atoms with Gasteiger partial charge in [-0.05, 0) is 36.8 Å². The maximum absolute atomic E-state index is 12.1. The van der Waals surface area contributed by atoms with Crippen molar-refractivity contribution in [3.8, 4) is 5.75 Å². The molecule has 7 heteroatoms. The van der Waals surface area contributed by atoms with Crippen molar-refractivity contribution in [2.45, 2.75) is 6.92 Å². The van der Waals surface area contributed by atoms with Crippen LogP contribution in [0.1, 0.15) is 5.56 Å². The summed E-state index contributed by atoms with van der Waals surface area (Å²) < 4.78 is 5.47. The van der Waals surface area contributed by atoms with Gasteiger partial charge in [-0.15, -0.1) is 0 Å². The van der Waals surface area contributed by atoms with Gasteiger partial charge in [-0.2, -0.15) is 0 Å². The predicted molar refractivity (Wildman–Crippen MR) is 114 cm³/mol. The van der Waals surface area contributed by atoms with Crippen molar-refractivity contribution in [1.29, 1.82) is 0 Å². The lowest BCUT2D eigenvalue weighted by Gasteiger charge is -2.34. The van der Waals surface area contributed by atoms with Gasteiger partial charge in [-0.25, -0.2) is 4.79 Å². The van der Waals surface area contributed by atoms with Crippen molar-refractivity contribution in [1.82, 2.24) is 5.32 Å². The second-order valence-electron chi connectivity index (χ2n) is 7.00. The molecule has 0 radical (unpaired) electrons. The molecule has 150 valence electrons. The SMILES string of the molecule is COc1ccc(Cl)cc1N1CC[NH+](CCNC(=O)Nc2ccccc2C)CC1. The number of piperazine rings is 1. The van der Waals surface area contributed by atoms with Crippen LogP contribution in [0.25, 0.3) is 0 Å². The van der Waals surface area contributed by atoms with E-state index in [9.17, 15) is 4.79 Å². The summed E-state index contributed by atoms with van der Waals surface area (Å²) in [5.74, 6) is 0.849. The van der Waals surface area contributed by atoms with Crippen molar-refractivity contribution >= 4 is 29.0 Å². The van der Waals surface area contributed by atoms with Crippen LogP contribution in [-0.2, 0) is 0 Å². The summed E-state index contributed by atoms with van der Waals surface area (Å²) in [6.45, 7) is 7.42. The van der Waals surface area contributed by atoms with Gasteiger partial charge in [-0.1, -0.05) is 29.8 Å². The first-order chi connectivity index (χ1) is 13.6. The zero-order valence-electron chi connectivity index (χ0n) is 16.4. The average Bonchev–Trinajstić information content (AvgIpc) is 2.70. The Morgan fingerprint density at radius 3 is 2.68 bits per heavy atom. The maximum Gasteiger partial charge on any atom is 0.319 e. The Morgan fingerprint density at radius 1 is 1.21 bits per heavy atom. The molecule has 0 saturated carbocycles. The highest BCUT2D eigenvalue weighted by atomic mass is 35.5. The minimum absolute atomic E-state index is 0.156. The number of amides is 2. The van der Waals surface area contributed by atoms with Gasteiger partial charge in [0.1, 0.15) is 5.75 Å². The summed E-state index contributed by atoms with van der Waals surface area (Å²) in [5.41, 5.74) is 2.94. The number of benzene rings is 2. The fourth-order valence-electron chi connectivity index (χ4n) is 3.46. The number of nitrogens with one attached hydrogen (secondary N) is 3. The van der Waals surface area contributed by atoms with E-state index < -0.39 is 0 Å². The molecule has 28 heavy (non-hydrogen) atoms. The van der Waals surface area contributed by atoms with Crippen LogP contribution in [0.15, 0.2) is 42.5 Å². The number of carbonyl (C=O) groups is 1. The van der Waals surface area contributed by atoms with Gasteiger partial charge in [0, 0.05) is 10.7 Å². The first-order valence-electron chi connectivity index (χ1n) is 9.59. The second-order valence-corrected chi connectivity index (χ2v) is 7.44. The minimum atomic E-state index is -0.156. The molecule has 1 fully saturated rings. The van der Waals surface area contributed by atoms with Gasteiger partial charge < -0.3 is 25.2 Å². The highest BCUT2D eigenvalue weighted by Gasteiger charge is 2.22. The van der Waals surface area contributed by atoms with Crippen LogP contribution in [0.3, 0.4) is 0 Å². The summed E-state index contributed by atoms with van der Waals surface area (Å²) in [7, 11) is 1.68. The quantitative estimate of drug-likeness (QED) is 0.693. The molecule has 0 aliphatic carbocycles. The predicted octanol–water partition coefficient (Wildman–Crippen LogP) is 2.18. The number of hydrogen-bond donors (Lipinski definition) is 3. The Kier molecular flexibility index (Phi) is 7.01. The molecule has 3 N–H and O–H groups in total. The summed E-state index contributed by atoms with van der Waals surface area (Å²) in [6, 6.07) is 13.3. The Labute approximate surface area is 171 Å². The third-order valence-corrected chi connectivity index (χ3v) is 5.34. The van der Waals surface area contributed by atoms with E-state index in [1.54, 1.807) is 7.11 Å². The van der Waals surface area contributed by atoms with E-state index in [2.05, 4.69) is 15.5 Å². The molecule has 6 nitrogen and oxygen atoms in total. The first kappa shape index (κ1) is 20.3. The molecule has 0 aromatic heterocycles. The molecular formula is C21H28ClN4O2+. The van der Waals surface area contributed by atoms with E-state index in [4.69, 9.17) is 16.3 Å². The van der Waals surface area contributed by atoms with Crippen molar-refractivity contribution in [3.63, 3.8) is 0 Å². The van der Waals surface area contributed by atoms with Gasteiger partial charge in [0.05, 0.1) is 52.1 Å². The molecule has 0 bridgehead atoms. The van der Waals surface area contributed by atoms with Crippen LogP contribution in [-0.4, -0.2) is 52.4 Å². The number of methoxy groups -OCH3 is 1. The van der Waals surface area contributed by atoms with Crippen LogP contribution in [0, 0.1) is 6.92 Å². The Morgan fingerprint density at radius 2 is 1.96 bits per heavy atom.